The highest BCUT2D eigenvalue weighted by Gasteiger charge is 2.12. The molecule has 1 aromatic heterocycles. The van der Waals surface area contributed by atoms with Gasteiger partial charge in [-0.25, -0.2) is 4.98 Å². The SMILES string of the molecule is CC.O=C1CCCc2cccnc2N1.[HH]. The Labute approximate surface area is 86.0 Å². The number of nitrogens with one attached hydrogen (secondary N) is 1. The largest absolute Gasteiger partial charge is 0.310 e. The third kappa shape index (κ3) is 2.55. The molecule has 0 bridgehead atoms. The van der Waals surface area contributed by atoms with Gasteiger partial charge in [-0.15, -0.1) is 0 Å². The Kier molecular flexibility index (Phi) is 4.11. The van der Waals surface area contributed by atoms with Gasteiger partial charge in [-0.1, -0.05) is 19.9 Å². The van der Waals surface area contributed by atoms with Crippen LogP contribution in [-0.2, 0) is 11.2 Å². The fourth-order valence-electron chi connectivity index (χ4n) is 1.39. The number of rotatable bonds is 0. The number of amides is 1. The summed E-state index contributed by atoms with van der Waals surface area (Å²) in [5.74, 6) is 0.812. The Hall–Kier alpha value is -1.38. The molecule has 1 aliphatic rings. The zero-order valence-corrected chi connectivity index (χ0v) is 8.71. The topological polar surface area (TPSA) is 42.0 Å². The molecule has 0 spiro atoms. The maximum atomic E-state index is 11.1. The predicted octanol–water partition coefficient (Wildman–Crippen LogP) is 2.63. The van der Waals surface area contributed by atoms with Crippen molar-refractivity contribution in [2.24, 2.45) is 0 Å². The molecule has 1 aliphatic heterocycles. The standard InChI is InChI=1S/C9H10N2O.C2H6.H2/c12-8-5-1-3-7-4-2-6-10-9(7)11-8;1-2;/h2,4,6H,1,3,5H2,(H,10,11,12);1-2H3;1H. The summed E-state index contributed by atoms with van der Waals surface area (Å²) in [6, 6.07) is 3.91. The maximum Gasteiger partial charge on any atom is 0.225 e. The van der Waals surface area contributed by atoms with Crippen LogP contribution in [0.15, 0.2) is 18.3 Å². The van der Waals surface area contributed by atoms with Gasteiger partial charge < -0.3 is 5.32 Å². The molecule has 0 saturated carbocycles. The second-order valence-corrected chi connectivity index (χ2v) is 2.91. The summed E-state index contributed by atoms with van der Waals surface area (Å²) in [5.41, 5.74) is 1.14. The number of fused-ring (bicyclic) bond motifs is 1. The molecule has 0 aromatic carbocycles. The first-order valence-corrected chi connectivity index (χ1v) is 5.10. The van der Waals surface area contributed by atoms with Crippen LogP contribution in [0.2, 0.25) is 0 Å². The van der Waals surface area contributed by atoms with Crippen molar-refractivity contribution < 1.29 is 6.22 Å². The highest BCUT2D eigenvalue weighted by molar-refractivity contribution is 5.91. The van der Waals surface area contributed by atoms with Crippen molar-refractivity contribution in [3.8, 4) is 0 Å². The average molecular weight is 194 g/mol. The fraction of sp³-hybridized carbons (Fsp3) is 0.455. The van der Waals surface area contributed by atoms with Crippen molar-refractivity contribution in [3.63, 3.8) is 0 Å². The van der Waals surface area contributed by atoms with Gasteiger partial charge in [0.25, 0.3) is 0 Å². The van der Waals surface area contributed by atoms with Crippen molar-refractivity contribution in [1.29, 1.82) is 0 Å². The lowest BCUT2D eigenvalue weighted by Crippen LogP contribution is -2.10. The molecule has 1 N–H and O–H groups in total. The third-order valence-corrected chi connectivity index (χ3v) is 2.00. The zero-order chi connectivity index (χ0) is 10.4. The van der Waals surface area contributed by atoms with E-state index in [0.29, 0.717) is 6.42 Å². The lowest BCUT2D eigenvalue weighted by Gasteiger charge is -2.02. The van der Waals surface area contributed by atoms with E-state index in [2.05, 4.69) is 10.3 Å². The average Bonchev–Trinajstić information content (AvgIpc) is 2.41. The number of carbonyl (C=O) groups excluding carboxylic acids is 1. The zero-order valence-electron chi connectivity index (χ0n) is 8.71. The van der Waals surface area contributed by atoms with Gasteiger partial charge in [-0.05, 0) is 24.5 Å². The van der Waals surface area contributed by atoms with Gasteiger partial charge in [0.1, 0.15) is 5.82 Å². The van der Waals surface area contributed by atoms with Crippen LogP contribution < -0.4 is 5.32 Å². The third-order valence-electron chi connectivity index (χ3n) is 2.00. The van der Waals surface area contributed by atoms with E-state index in [-0.39, 0.29) is 7.33 Å². The molecule has 14 heavy (non-hydrogen) atoms. The normalized spacial score (nSPS) is 14.3. The van der Waals surface area contributed by atoms with E-state index >= 15 is 0 Å². The number of anilines is 1. The van der Waals surface area contributed by atoms with Gasteiger partial charge in [0.2, 0.25) is 5.91 Å². The van der Waals surface area contributed by atoms with Crippen LogP contribution in [-0.4, -0.2) is 10.9 Å². The number of aromatic nitrogens is 1. The second-order valence-electron chi connectivity index (χ2n) is 2.91. The van der Waals surface area contributed by atoms with E-state index < -0.39 is 0 Å². The Balaban J connectivity index is 0.000000617. The Bertz CT molecular complexity index is 315. The highest BCUT2D eigenvalue weighted by Crippen LogP contribution is 2.18. The predicted molar refractivity (Wildman–Crippen MR) is 59.3 cm³/mol. The summed E-state index contributed by atoms with van der Waals surface area (Å²) >= 11 is 0. The minimum atomic E-state index is 0. The molecule has 0 radical (unpaired) electrons. The monoisotopic (exact) mass is 194 g/mol. The second kappa shape index (κ2) is 5.37. The van der Waals surface area contributed by atoms with Gasteiger partial charge in [0, 0.05) is 14.0 Å². The summed E-state index contributed by atoms with van der Waals surface area (Å²) in [6.07, 6.45) is 4.17. The van der Waals surface area contributed by atoms with Gasteiger partial charge >= 0.3 is 0 Å². The van der Waals surface area contributed by atoms with Crippen LogP contribution in [0.4, 0.5) is 5.82 Å². The first-order chi connectivity index (χ1) is 6.86. The number of pyridine rings is 1. The number of hydrogen-bond acceptors (Lipinski definition) is 2. The Morgan fingerprint density at radius 2 is 2.21 bits per heavy atom. The highest BCUT2D eigenvalue weighted by atomic mass is 16.1. The summed E-state index contributed by atoms with van der Waals surface area (Å²) in [4.78, 5) is 15.2. The van der Waals surface area contributed by atoms with Gasteiger partial charge in [0.15, 0.2) is 0 Å². The first-order valence-electron chi connectivity index (χ1n) is 5.10. The smallest absolute Gasteiger partial charge is 0.225 e. The molecule has 0 unspecified atom stereocenters. The van der Waals surface area contributed by atoms with Crippen LogP contribution in [0.5, 0.6) is 0 Å². The lowest BCUT2D eigenvalue weighted by molar-refractivity contribution is -0.116. The van der Waals surface area contributed by atoms with Crippen molar-refractivity contribution in [1.82, 2.24) is 4.98 Å². The molecule has 0 saturated heterocycles. The summed E-state index contributed by atoms with van der Waals surface area (Å²) in [6.45, 7) is 4.00. The number of nitrogens with zero attached hydrogens (tertiary/aromatic N) is 1. The minimum absolute atomic E-state index is 0. The van der Waals surface area contributed by atoms with Crippen LogP contribution in [0.1, 0.15) is 33.7 Å². The Morgan fingerprint density at radius 3 is 3.00 bits per heavy atom. The van der Waals surface area contributed by atoms with E-state index in [1.54, 1.807) is 6.20 Å². The molecule has 2 heterocycles. The molecule has 0 atom stereocenters. The van der Waals surface area contributed by atoms with E-state index in [4.69, 9.17) is 0 Å². The number of aryl methyl sites for hydroxylation is 1. The summed E-state index contributed by atoms with van der Waals surface area (Å²) in [7, 11) is 0. The van der Waals surface area contributed by atoms with E-state index in [1.165, 1.54) is 0 Å². The van der Waals surface area contributed by atoms with Crippen LogP contribution in [0, 0.1) is 0 Å². The van der Waals surface area contributed by atoms with E-state index in [1.807, 2.05) is 26.0 Å². The maximum absolute atomic E-state index is 11.1. The quantitative estimate of drug-likeness (QED) is 0.689. The molecule has 3 heteroatoms. The number of carbonyl (C=O) groups is 1. The van der Waals surface area contributed by atoms with Crippen molar-refractivity contribution >= 4 is 11.7 Å². The molecular weight excluding hydrogens is 176 g/mol. The van der Waals surface area contributed by atoms with Gasteiger partial charge in [0.05, 0.1) is 0 Å². The molecule has 1 amide bonds. The molecule has 2 rings (SSSR count). The van der Waals surface area contributed by atoms with Crippen LogP contribution >= 0.6 is 0 Å². The van der Waals surface area contributed by atoms with Gasteiger partial charge in [-0.3, -0.25) is 4.79 Å². The molecule has 0 fully saturated rings. The van der Waals surface area contributed by atoms with Crippen molar-refractivity contribution in [2.75, 3.05) is 5.32 Å². The van der Waals surface area contributed by atoms with Crippen molar-refractivity contribution in [2.45, 2.75) is 33.1 Å². The minimum Gasteiger partial charge on any atom is -0.310 e. The van der Waals surface area contributed by atoms with E-state index in [9.17, 15) is 4.79 Å². The summed E-state index contributed by atoms with van der Waals surface area (Å²) in [5, 5.41) is 2.77. The molecule has 78 valence electrons. The number of hydrogen-bond donors (Lipinski definition) is 1. The molecule has 1 aromatic rings. The molecule has 3 nitrogen and oxygen atoms in total. The van der Waals surface area contributed by atoms with Crippen LogP contribution in [0.3, 0.4) is 0 Å². The van der Waals surface area contributed by atoms with Gasteiger partial charge in [-0.2, -0.15) is 0 Å². The Morgan fingerprint density at radius 1 is 1.43 bits per heavy atom. The first kappa shape index (κ1) is 10.7. The van der Waals surface area contributed by atoms with Crippen molar-refractivity contribution in [3.05, 3.63) is 23.9 Å². The summed E-state index contributed by atoms with van der Waals surface area (Å²) < 4.78 is 0. The molecular formula is C11H18N2O. The molecule has 0 aliphatic carbocycles. The van der Waals surface area contributed by atoms with E-state index in [0.717, 1.165) is 24.2 Å². The lowest BCUT2D eigenvalue weighted by atomic mass is 10.1. The van der Waals surface area contributed by atoms with Crippen LogP contribution in [0.25, 0.3) is 0 Å². The fourth-order valence-corrected chi connectivity index (χ4v) is 1.39.